The summed E-state index contributed by atoms with van der Waals surface area (Å²) in [6, 6.07) is 14.1. The molecule has 0 saturated carbocycles. The van der Waals surface area contributed by atoms with Gasteiger partial charge in [0.1, 0.15) is 0 Å². The Bertz CT molecular complexity index is 1220. The molecule has 1 aromatic heterocycles. The highest BCUT2D eigenvalue weighted by Crippen LogP contribution is 2.35. The van der Waals surface area contributed by atoms with Crippen LogP contribution in [0.1, 0.15) is 25.3 Å². The lowest BCUT2D eigenvalue weighted by Crippen LogP contribution is -2.33. The molecule has 0 bridgehead atoms. The second-order valence-electron chi connectivity index (χ2n) is 8.13. The summed E-state index contributed by atoms with van der Waals surface area (Å²) < 4.78 is 67.5. The Morgan fingerprint density at radius 2 is 1.70 bits per heavy atom. The highest BCUT2D eigenvalue weighted by molar-refractivity contribution is 7.92. The molecule has 0 amide bonds. The number of anilines is 2. The maximum Gasteiger partial charge on any atom is 0.417 e. The van der Waals surface area contributed by atoms with Crippen molar-refractivity contribution in [2.75, 3.05) is 22.7 Å². The molecule has 33 heavy (non-hydrogen) atoms. The van der Waals surface area contributed by atoms with Gasteiger partial charge in [-0.15, -0.1) is 10.2 Å². The van der Waals surface area contributed by atoms with E-state index in [-0.39, 0.29) is 5.69 Å². The zero-order valence-electron chi connectivity index (χ0n) is 17.9. The topological polar surface area (TPSA) is 75.2 Å². The van der Waals surface area contributed by atoms with Gasteiger partial charge >= 0.3 is 6.18 Å². The molecule has 3 aromatic rings. The minimum Gasteiger partial charge on any atom is -0.355 e. The summed E-state index contributed by atoms with van der Waals surface area (Å²) in [4.78, 5) is 1.35. The SMILES string of the molecule is CC1CCN(c2ccc(-c3cccc(NS(=O)(=O)c4ccccc4C(F)(F)F)c3)nn2)CC1. The largest absolute Gasteiger partial charge is 0.417 e. The number of hydrogen-bond donors (Lipinski definition) is 1. The molecule has 1 saturated heterocycles. The molecule has 0 spiro atoms. The summed E-state index contributed by atoms with van der Waals surface area (Å²) in [5.41, 5.74) is 0.0223. The minimum absolute atomic E-state index is 0.125. The molecule has 2 aromatic carbocycles. The van der Waals surface area contributed by atoms with Crippen LogP contribution in [0.3, 0.4) is 0 Å². The molecule has 4 rings (SSSR count). The number of nitrogens with zero attached hydrogens (tertiary/aromatic N) is 3. The first-order valence-electron chi connectivity index (χ1n) is 10.5. The van der Waals surface area contributed by atoms with E-state index >= 15 is 0 Å². The van der Waals surface area contributed by atoms with Gasteiger partial charge in [-0.25, -0.2) is 8.42 Å². The molecule has 1 fully saturated rings. The molecule has 174 valence electrons. The van der Waals surface area contributed by atoms with Gasteiger partial charge in [-0.1, -0.05) is 31.2 Å². The first-order valence-corrected chi connectivity index (χ1v) is 12.0. The quantitative estimate of drug-likeness (QED) is 0.548. The summed E-state index contributed by atoms with van der Waals surface area (Å²) >= 11 is 0. The molecule has 0 atom stereocenters. The van der Waals surface area contributed by atoms with Gasteiger partial charge in [0.2, 0.25) is 0 Å². The van der Waals surface area contributed by atoms with E-state index < -0.39 is 26.7 Å². The second kappa shape index (κ2) is 9.01. The van der Waals surface area contributed by atoms with Gasteiger partial charge < -0.3 is 4.90 Å². The van der Waals surface area contributed by atoms with E-state index in [0.29, 0.717) is 17.2 Å². The first kappa shape index (κ1) is 23.0. The molecule has 0 radical (unpaired) electrons. The third-order valence-corrected chi connectivity index (χ3v) is 7.09. The summed E-state index contributed by atoms with van der Waals surface area (Å²) in [6.07, 6.45) is -2.59. The minimum atomic E-state index is -4.79. The van der Waals surface area contributed by atoms with E-state index in [0.717, 1.165) is 49.9 Å². The smallest absolute Gasteiger partial charge is 0.355 e. The number of halogens is 3. The van der Waals surface area contributed by atoms with Crippen LogP contribution in [0.2, 0.25) is 0 Å². The fraction of sp³-hybridized carbons (Fsp3) is 0.304. The highest BCUT2D eigenvalue weighted by atomic mass is 32.2. The summed E-state index contributed by atoms with van der Waals surface area (Å²) in [5.74, 6) is 1.48. The Morgan fingerprint density at radius 3 is 2.36 bits per heavy atom. The van der Waals surface area contributed by atoms with Gasteiger partial charge in [-0.2, -0.15) is 13.2 Å². The highest BCUT2D eigenvalue weighted by Gasteiger charge is 2.36. The second-order valence-corrected chi connectivity index (χ2v) is 9.78. The molecular weight excluding hydrogens is 453 g/mol. The third-order valence-electron chi connectivity index (χ3n) is 5.65. The van der Waals surface area contributed by atoms with E-state index in [1.165, 1.54) is 18.2 Å². The van der Waals surface area contributed by atoms with Gasteiger partial charge in [-0.3, -0.25) is 4.72 Å². The van der Waals surface area contributed by atoms with E-state index in [1.807, 2.05) is 6.07 Å². The van der Waals surface area contributed by atoms with Crippen molar-refractivity contribution in [3.63, 3.8) is 0 Å². The lowest BCUT2D eigenvalue weighted by atomic mass is 9.99. The van der Waals surface area contributed by atoms with Gasteiger partial charge in [0, 0.05) is 24.3 Å². The maximum atomic E-state index is 13.3. The third kappa shape index (κ3) is 5.27. The van der Waals surface area contributed by atoms with Crippen molar-refractivity contribution in [2.24, 2.45) is 5.92 Å². The average molecular weight is 477 g/mol. The molecule has 1 N–H and O–H groups in total. The molecule has 10 heteroatoms. The van der Waals surface area contributed by atoms with Gasteiger partial charge in [0.25, 0.3) is 10.0 Å². The number of hydrogen-bond acceptors (Lipinski definition) is 5. The average Bonchev–Trinajstić information content (AvgIpc) is 2.79. The van der Waals surface area contributed by atoms with Crippen molar-refractivity contribution >= 4 is 21.5 Å². The number of rotatable bonds is 5. The van der Waals surface area contributed by atoms with Gasteiger partial charge in [0.15, 0.2) is 5.82 Å². The van der Waals surface area contributed by atoms with Crippen molar-refractivity contribution in [1.29, 1.82) is 0 Å². The van der Waals surface area contributed by atoms with Crippen LogP contribution in [0.4, 0.5) is 24.7 Å². The molecule has 0 aliphatic carbocycles. The van der Waals surface area contributed by atoms with Crippen LogP contribution in [-0.4, -0.2) is 31.7 Å². The molecule has 1 aliphatic heterocycles. The molecule has 2 heterocycles. The van der Waals surface area contributed by atoms with Crippen LogP contribution in [-0.2, 0) is 16.2 Å². The fourth-order valence-corrected chi connectivity index (χ4v) is 5.05. The normalized spacial score (nSPS) is 15.5. The van der Waals surface area contributed by atoms with Crippen LogP contribution in [0.15, 0.2) is 65.6 Å². The Morgan fingerprint density at radius 1 is 0.970 bits per heavy atom. The number of piperidine rings is 1. The van der Waals surface area contributed by atoms with E-state index in [9.17, 15) is 21.6 Å². The summed E-state index contributed by atoms with van der Waals surface area (Å²) in [5, 5.41) is 8.57. The van der Waals surface area contributed by atoms with Gasteiger partial charge in [-0.05, 0) is 55.2 Å². The van der Waals surface area contributed by atoms with Crippen molar-refractivity contribution in [3.05, 3.63) is 66.2 Å². The zero-order chi connectivity index (χ0) is 23.6. The molecule has 1 aliphatic rings. The monoisotopic (exact) mass is 476 g/mol. The van der Waals surface area contributed by atoms with E-state index in [4.69, 9.17) is 0 Å². The first-order chi connectivity index (χ1) is 15.6. The van der Waals surface area contributed by atoms with Crippen LogP contribution in [0, 0.1) is 5.92 Å². The fourth-order valence-electron chi connectivity index (χ4n) is 3.77. The lowest BCUT2D eigenvalue weighted by molar-refractivity contribution is -0.139. The number of sulfonamides is 1. The van der Waals surface area contributed by atoms with E-state index in [1.54, 1.807) is 18.2 Å². The van der Waals surface area contributed by atoms with E-state index in [2.05, 4.69) is 26.7 Å². The number of nitrogens with one attached hydrogen (secondary N) is 1. The predicted molar refractivity (Wildman–Crippen MR) is 120 cm³/mol. The Kier molecular flexibility index (Phi) is 6.29. The van der Waals surface area contributed by atoms with Crippen molar-refractivity contribution in [3.8, 4) is 11.3 Å². The van der Waals surface area contributed by atoms with Crippen molar-refractivity contribution in [2.45, 2.75) is 30.8 Å². The van der Waals surface area contributed by atoms with Crippen LogP contribution >= 0.6 is 0 Å². The lowest BCUT2D eigenvalue weighted by Gasteiger charge is -2.30. The number of alkyl halides is 3. The standard InChI is InChI=1S/C23H23F3N4O2S/c1-16-11-13-30(14-12-16)22-10-9-20(27-28-22)17-5-4-6-18(15-17)29-33(31,32)21-8-3-2-7-19(21)23(24,25)26/h2-10,15-16,29H,11-14H2,1H3. The Hall–Kier alpha value is -3.14. The van der Waals surface area contributed by atoms with Crippen LogP contribution in [0.25, 0.3) is 11.3 Å². The number of aromatic nitrogens is 2. The van der Waals surface area contributed by atoms with Crippen LogP contribution in [0.5, 0.6) is 0 Å². The van der Waals surface area contributed by atoms with Gasteiger partial charge in [0.05, 0.1) is 16.2 Å². The predicted octanol–water partition coefficient (Wildman–Crippen LogP) is 5.20. The summed E-state index contributed by atoms with van der Waals surface area (Å²) in [6.45, 7) is 4.08. The molecular formula is C23H23F3N4O2S. The number of benzene rings is 2. The maximum absolute atomic E-state index is 13.3. The van der Waals surface area contributed by atoms with Crippen molar-refractivity contribution < 1.29 is 21.6 Å². The van der Waals surface area contributed by atoms with Crippen LogP contribution < -0.4 is 9.62 Å². The zero-order valence-corrected chi connectivity index (χ0v) is 18.7. The molecule has 0 unspecified atom stereocenters. The summed E-state index contributed by atoms with van der Waals surface area (Å²) in [7, 11) is -4.46. The molecule has 6 nitrogen and oxygen atoms in total. The van der Waals surface area contributed by atoms with Crippen molar-refractivity contribution in [1.82, 2.24) is 10.2 Å². The Balaban J connectivity index is 1.55. The Labute approximate surface area is 190 Å².